The first-order chi connectivity index (χ1) is 14.1. The molecule has 1 aromatic heterocycles. The van der Waals surface area contributed by atoms with Crippen molar-refractivity contribution in [3.63, 3.8) is 0 Å². The van der Waals surface area contributed by atoms with E-state index in [1.807, 2.05) is 18.2 Å². The smallest absolute Gasteiger partial charge is 0.346 e. The number of nitrogens with zero attached hydrogens (tertiary/aromatic N) is 3. The van der Waals surface area contributed by atoms with E-state index in [0.29, 0.717) is 31.3 Å². The number of halogens is 1. The lowest BCUT2D eigenvalue weighted by molar-refractivity contribution is -0.122. The molecule has 0 bridgehead atoms. The van der Waals surface area contributed by atoms with Gasteiger partial charge in [0.05, 0.1) is 0 Å². The summed E-state index contributed by atoms with van der Waals surface area (Å²) in [4.78, 5) is 25.2. The maximum Gasteiger partial charge on any atom is 0.346 e. The van der Waals surface area contributed by atoms with E-state index in [9.17, 15) is 9.59 Å². The third-order valence-electron chi connectivity index (χ3n) is 6.09. The van der Waals surface area contributed by atoms with Crippen LogP contribution in [0, 0.1) is 0 Å². The van der Waals surface area contributed by atoms with Crippen molar-refractivity contribution in [2.45, 2.75) is 57.0 Å². The number of aryl methyl sites for hydroxylation is 1. The molecular formula is C21H27ClN4O3. The number of aromatic nitrogens is 3. The average Bonchev–Trinajstić information content (AvgIpc) is 2.89. The Morgan fingerprint density at radius 3 is 2.86 bits per heavy atom. The Morgan fingerprint density at radius 1 is 1.24 bits per heavy atom. The van der Waals surface area contributed by atoms with E-state index in [-0.39, 0.29) is 23.6 Å². The number of hydrogen-bond donors (Lipinski definition) is 1. The molecule has 2 aliphatic rings. The Kier molecular flexibility index (Phi) is 6.06. The van der Waals surface area contributed by atoms with Crippen LogP contribution >= 0.6 is 11.6 Å². The Morgan fingerprint density at radius 2 is 2.07 bits per heavy atom. The average molecular weight is 419 g/mol. The van der Waals surface area contributed by atoms with Gasteiger partial charge in [-0.05, 0) is 43.4 Å². The summed E-state index contributed by atoms with van der Waals surface area (Å²) in [6, 6.07) is 7.82. The van der Waals surface area contributed by atoms with Gasteiger partial charge in [0.1, 0.15) is 12.4 Å². The molecule has 156 valence electrons. The van der Waals surface area contributed by atoms with Crippen molar-refractivity contribution in [1.29, 1.82) is 0 Å². The number of benzene rings is 1. The number of hydrogen-bond acceptors (Lipinski definition) is 4. The number of ether oxygens (including phenoxy) is 1. The van der Waals surface area contributed by atoms with Crippen molar-refractivity contribution in [2.24, 2.45) is 0 Å². The van der Waals surface area contributed by atoms with Crippen molar-refractivity contribution in [3.05, 3.63) is 51.2 Å². The van der Waals surface area contributed by atoms with E-state index < -0.39 is 0 Å². The zero-order valence-corrected chi connectivity index (χ0v) is 17.3. The van der Waals surface area contributed by atoms with E-state index in [1.165, 1.54) is 4.68 Å². The normalized spacial score (nSPS) is 18.7. The summed E-state index contributed by atoms with van der Waals surface area (Å²) in [7, 11) is 0. The van der Waals surface area contributed by atoms with Crippen molar-refractivity contribution >= 4 is 17.5 Å². The minimum atomic E-state index is -0.213. The van der Waals surface area contributed by atoms with Gasteiger partial charge in [-0.1, -0.05) is 30.2 Å². The molecule has 4 rings (SSSR count). The minimum absolute atomic E-state index is 0.0546. The molecule has 0 aliphatic carbocycles. The zero-order valence-electron chi connectivity index (χ0n) is 16.5. The lowest BCUT2D eigenvalue weighted by Gasteiger charge is -2.38. The van der Waals surface area contributed by atoms with Gasteiger partial charge >= 0.3 is 5.69 Å². The molecule has 0 atom stereocenters. The van der Waals surface area contributed by atoms with Gasteiger partial charge in [0.15, 0.2) is 0 Å². The summed E-state index contributed by atoms with van der Waals surface area (Å²) in [6.45, 7) is 2.41. The van der Waals surface area contributed by atoms with Crippen LogP contribution in [0.4, 0.5) is 0 Å². The number of amides is 1. The van der Waals surface area contributed by atoms with E-state index in [2.05, 4.69) is 16.5 Å². The van der Waals surface area contributed by atoms with E-state index in [1.54, 1.807) is 4.57 Å². The van der Waals surface area contributed by atoms with Gasteiger partial charge in [-0.25, -0.2) is 9.48 Å². The molecule has 0 radical (unpaired) electrons. The Hall–Kier alpha value is -2.12. The van der Waals surface area contributed by atoms with Gasteiger partial charge in [-0.2, -0.15) is 5.10 Å². The van der Waals surface area contributed by atoms with Gasteiger partial charge < -0.3 is 10.1 Å². The van der Waals surface area contributed by atoms with Crippen molar-refractivity contribution in [2.75, 3.05) is 19.8 Å². The van der Waals surface area contributed by atoms with Crippen LogP contribution in [0.2, 0.25) is 5.02 Å². The highest BCUT2D eigenvalue weighted by Crippen LogP contribution is 2.35. The molecule has 0 unspecified atom stereocenters. The summed E-state index contributed by atoms with van der Waals surface area (Å²) in [6.07, 6.45) is 5.54. The predicted molar refractivity (Wildman–Crippen MR) is 110 cm³/mol. The molecule has 1 N–H and O–H groups in total. The Bertz CT molecular complexity index is 930. The van der Waals surface area contributed by atoms with Gasteiger partial charge in [-0.15, -0.1) is 0 Å². The van der Waals surface area contributed by atoms with Crippen LogP contribution in [-0.2, 0) is 34.5 Å². The first-order valence-electron chi connectivity index (χ1n) is 10.3. The molecule has 0 saturated carbocycles. The quantitative estimate of drug-likeness (QED) is 0.808. The highest BCUT2D eigenvalue weighted by Gasteiger charge is 2.35. The number of rotatable bonds is 5. The maximum absolute atomic E-state index is 12.7. The first-order valence-corrected chi connectivity index (χ1v) is 10.7. The standard InChI is InChI=1S/C21H27ClN4O3/c22-17-6-4-5-16(13-17)21(8-11-29-12-9-21)15-23-19(27)14-26-20(28)25-10-3-1-2-7-18(25)24-26/h4-6,13H,1-3,7-12,14-15H2,(H,23,27). The van der Waals surface area contributed by atoms with Gasteiger partial charge in [0.25, 0.3) is 0 Å². The summed E-state index contributed by atoms with van der Waals surface area (Å²) in [5.41, 5.74) is 0.710. The van der Waals surface area contributed by atoms with Crippen LogP contribution in [0.5, 0.6) is 0 Å². The molecule has 2 aromatic rings. The summed E-state index contributed by atoms with van der Waals surface area (Å²) in [5.74, 6) is 0.591. The van der Waals surface area contributed by atoms with Crippen LogP contribution in [0.3, 0.4) is 0 Å². The zero-order chi connectivity index (χ0) is 20.3. The Labute approximate surface area is 175 Å². The fraction of sp³-hybridized carbons (Fsp3) is 0.571. The van der Waals surface area contributed by atoms with Gasteiger partial charge in [0, 0.05) is 43.2 Å². The van der Waals surface area contributed by atoms with Crippen LogP contribution in [0.25, 0.3) is 0 Å². The monoisotopic (exact) mass is 418 g/mol. The molecule has 1 amide bonds. The minimum Gasteiger partial charge on any atom is -0.381 e. The summed E-state index contributed by atoms with van der Waals surface area (Å²) in [5, 5.41) is 8.12. The third-order valence-corrected chi connectivity index (χ3v) is 6.32. The van der Waals surface area contributed by atoms with Crippen LogP contribution in [-0.4, -0.2) is 40.0 Å². The molecule has 1 fully saturated rings. The third kappa shape index (κ3) is 4.41. The van der Waals surface area contributed by atoms with E-state index in [4.69, 9.17) is 16.3 Å². The largest absolute Gasteiger partial charge is 0.381 e. The second kappa shape index (κ2) is 8.71. The maximum atomic E-state index is 12.7. The summed E-state index contributed by atoms with van der Waals surface area (Å²) < 4.78 is 8.56. The molecule has 7 nitrogen and oxygen atoms in total. The van der Waals surface area contributed by atoms with E-state index >= 15 is 0 Å². The number of fused-ring (bicyclic) bond motifs is 1. The number of nitrogens with one attached hydrogen (secondary N) is 1. The van der Waals surface area contributed by atoms with Crippen molar-refractivity contribution in [3.8, 4) is 0 Å². The molecule has 2 aliphatic heterocycles. The van der Waals surface area contributed by atoms with Crippen molar-refractivity contribution in [1.82, 2.24) is 19.7 Å². The number of carbonyl (C=O) groups excluding carboxylic acids is 1. The predicted octanol–water partition coefficient (Wildman–Crippen LogP) is 2.29. The van der Waals surface area contributed by atoms with Gasteiger partial charge in [0.2, 0.25) is 5.91 Å². The molecule has 3 heterocycles. The lowest BCUT2D eigenvalue weighted by atomic mass is 9.74. The van der Waals surface area contributed by atoms with Gasteiger partial charge in [-0.3, -0.25) is 9.36 Å². The van der Waals surface area contributed by atoms with E-state index in [0.717, 1.165) is 49.9 Å². The van der Waals surface area contributed by atoms with Crippen LogP contribution < -0.4 is 11.0 Å². The topological polar surface area (TPSA) is 78.2 Å². The second-order valence-corrected chi connectivity index (χ2v) is 8.43. The summed E-state index contributed by atoms with van der Waals surface area (Å²) >= 11 is 6.21. The highest BCUT2D eigenvalue weighted by molar-refractivity contribution is 6.30. The Balaban J connectivity index is 1.46. The van der Waals surface area contributed by atoms with Crippen LogP contribution in [0.1, 0.15) is 43.5 Å². The fourth-order valence-corrected chi connectivity index (χ4v) is 4.53. The molecule has 8 heteroatoms. The molecule has 29 heavy (non-hydrogen) atoms. The number of carbonyl (C=O) groups is 1. The molecule has 1 saturated heterocycles. The van der Waals surface area contributed by atoms with Crippen LogP contribution in [0.15, 0.2) is 29.1 Å². The molecular weight excluding hydrogens is 392 g/mol. The molecule has 0 spiro atoms. The SMILES string of the molecule is O=C(Cn1nc2n(c1=O)CCCCC2)NCC1(c2cccc(Cl)c2)CCOCC1. The van der Waals surface area contributed by atoms with Crippen molar-refractivity contribution < 1.29 is 9.53 Å². The lowest BCUT2D eigenvalue weighted by Crippen LogP contribution is -2.46. The second-order valence-electron chi connectivity index (χ2n) is 8.00. The fourth-order valence-electron chi connectivity index (χ4n) is 4.34. The first kappa shape index (κ1) is 20.2. The highest BCUT2D eigenvalue weighted by atomic mass is 35.5. The molecule has 1 aromatic carbocycles.